The van der Waals surface area contributed by atoms with Gasteiger partial charge in [0, 0.05) is 18.3 Å². The van der Waals surface area contributed by atoms with Crippen LogP contribution in [0.1, 0.15) is 30.5 Å². The lowest BCUT2D eigenvalue weighted by atomic mass is 9.98. The fraction of sp³-hybridized carbons (Fsp3) is 0.278. The summed E-state index contributed by atoms with van der Waals surface area (Å²) in [6.07, 6.45) is 5.12. The van der Waals surface area contributed by atoms with Crippen LogP contribution in [0.4, 0.5) is 4.39 Å². The third-order valence-electron chi connectivity index (χ3n) is 3.87. The Kier molecular flexibility index (Phi) is 4.38. The molecule has 0 radical (unpaired) electrons. The Hall–Kier alpha value is -2.25. The molecule has 132 valence electrons. The third kappa shape index (κ3) is 3.72. The molecule has 0 saturated carbocycles. The van der Waals surface area contributed by atoms with Gasteiger partial charge in [0.25, 0.3) is 0 Å². The van der Waals surface area contributed by atoms with Crippen LogP contribution >= 0.6 is 0 Å². The second-order valence-corrected chi connectivity index (χ2v) is 8.22. The maximum Gasteiger partial charge on any atom is 0.245 e. The number of fused-ring (bicyclic) bond motifs is 1. The van der Waals surface area contributed by atoms with E-state index in [9.17, 15) is 12.8 Å². The predicted octanol–water partition coefficient (Wildman–Crippen LogP) is 3.19. The first-order valence-electron chi connectivity index (χ1n) is 7.80. The molecule has 1 N–H and O–H groups in total. The molecule has 0 amide bonds. The normalized spacial score (nSPS) is 15.5. The molecule has 0 fully saturated rings. The molecule has 25 heavy (non-hydrogen) atoms. The number of sulfonamides is 1. The number of hydrogen-bond donors (Lipinski definition) is 1. The van der Waals surface area contributed by atoms with E-state index in [2.05, 4.69) is 9.71 Å². The minimum absolute atomic E-state index is 0.0437. The summed E-state index contributed by atoms with van der Waals surface area (Å²) < 4.78 is 46.5. The van der Waals surface area contributed by atoms with Gasteiger partial charge in [-0.1, -0.05) is 12.1 Å². The van der Waals surface area contributed by atoms with Gasteiger partial charge < -0.3 is 4.74 Å². The molecule has 2 heterocycles. The molecule has 0 spiro atoms. The number of hydrogen-bond acceptors (Lipinski definition) is 4. The summed E-state index contributed by atoms with van der Waals surface area (Å²) in [4.78, 5) is 2.91. The van der Waals surface area contributed by atoms with Crippen molar-refractivity contribution in [2.24, 2.45) is 0 Å². The standard InChI is InChI=1S/C18H19FN2O3S/c1-12-9-13(10-14-6-7-18(2,3)24-16(12)14)11-21-25(22,23)15-5-4-8-20-17(15)19/h4-10,21H,11H2,1-3H3/i19-1. The van der Waals surface area contributed by atoms with Gasteiger partial charge in [0.2, 0.25) is 16.0 Å². The molecule has 1 aromatic carbocycles. The zero-order valence-electron chi connectivity index (χ0n) is 14.2. The van der Waals surface area contributed by atoms with E-state index in [1.165, 1.54) is 18.3 Å². The molecule has 3 rings (SSSR count). The van der Waals surface area contributed by atoms with Crippen molar-refractivity contribution in [2.45, 2.75) is 37.8 Å². The first kappa shape index (κ1) is 17.6. The molecule has 5 nitrogen and oxygen atoms in total. The van der Waals surface area contributed by atoms with Crippen LogP contribution in [0.3, 0.4) is 0 Å². The van der Waals surface area contributed by atoms with Crippen molar-refractivity contribution in [3.8, 4) is 5.75 Å². The molecule has 7 heteroatoms. The molecule has 1 aliphatic heterocycles. The summed E-state index contributed by atoms with van der Waals surface area (Å²) in [5.74, 6) is -0.229. The Bertz CT molecular complexity index is 953. The molecule has 0 aliphatic carbocycles. The van der Waals surface area contributed by atoms with Crippen molar-refractivity contribution < 1.29 is 17.5 Å². The smallest absolute Gasteiger partial charge is 0.245 e. The Balaban J connectivity index is 1.83. The number of nitrogens with one attached hydrogen (secondary N) is 1. The van der Waals surface area contributed by atoms with Crippen LogP contribution in [-0.2, 0) is 16.6 Å². The average molecular weight is 361 g/mol. The molecule has 1 aliphatic rings. The van der Waals surface area contributed by atoms with Crippen molar-refractivity contribution in [2.75, 3.05) is 0 Å². The molecule has 0 unspecified atom stereocenters. The summed E-state index contributed by atoms with van der Waals surface area (Å²) >= 11 is 0. The predicted molar refractivity (Wildman–Crippen MR) is 93.1 cm³/mol. The Morgan fingerprint density at radius 1 is 1.32 bits per heavy atom. The highest BCUT2D eigenvalue weighted by Gasteiger charge is 2.24. The average Bonchev–Trinajstić information content (AvgIpc) is 2.54. The van der Waals surface area contributed by atoms with E-state index in [4.69, 9.17) is 4.74 Å². The van der Waals surface area contributed by atoms with E-state index in [0.717, 1.165) is 22.4 Å². The Labute approximate surface area is 146 Å². The van der Waals surface area contributed by atoms with Crippen LogP contribution in [0.25, 0.3) is 6.08 Å². The van der Waals surface area contributed by atoms with Crippen molar-refractivity contribution in [3.63, 3.8) is 0 Å². The minimum Gasteiger partial charge on any atom is -0.483 e. The van der Waals surface area contributed by atoms with E-state index in [0.29, 0.717) is 0 Å². The Morgan fingerprint density at radius 2 is 2.08 bits per heavy atom. The van der Waals surface area contributed by atoms with Gasteiger partial charge in [-0.25, -0.2) is 18.1 Å². The van der Waals surface area contributed by atoms with Crippen LogP contribution in [0.15, 0.2) is 41.4 Å². The summed E-state index contributed by atoms with van der Waals surface area (Å²) in [5, 5.41) is 0. The van der Waals surface area contributed by atoms with Crippen molar-refractivity contribution in [1.82, 2.24) is 9.71 Å². The largest absolute Gasteiger partial charge is 0.483 e. The molecular weight excluding hydrogens is 342 g/mol. The van der Waals surface area contributed by atoms with Crippen molar-refractivity contribution in [1.29, 1.82) is 0 Å². The lowest BCUT2D eigenvalue weighted by molar-refractivity contribution is 0.157. The number of benzene rings is 1. The van der Waals surface area contributed by atoms with E-state index >= 15 is 0 Å². The summed E-state index contributed by atoms with van der Waals surface area (Å²) in [6, 6.07) is 6.28. The van der Waals surface area contributed by atoms with Crippen molar-refractivity contribution in [3.05, 3.63) is 59.2 Å². The van der Waals surface area contributed by atoms with E-state index in [1.807, 2.05) is 45.1 Å². The zero-order chi connectivity index (χ0) is 18.2. The van der Waals surface area contributed by atoms with E-state index in [-0.39, 0.29) is 12.1 Å². The number of rotatable bonds is 4. The van der Waals surface area contributed by atoms with Gasteiger partial charge in [0.15, 0.2) is 0 Å². The van der Waals surface area contributed by atoms with Gasteiger partial charge in [-0.3, -0.25) is 0 Å². The lowest BCUT2D eigenvalue weighted by Crippen LogP contribution is -2.28. The van der Waals surface area contributed by atoms with Crippen LogP contribution in [0.5, 0.6) is 5.75 Å². The van der Waals surface area contributed by atoms with Gasteiger partial charge >= 0.3 is 0 Å². The number of ether oxygens (including phenoxy) is 1. The maximum absolute atomic E-state index is 13.6. The highest BCUT2D eigenvalue weighted by atomic mass is 32.2. The van der Waals surface area contributed by atoms with Crippen LogP contribution in [0, 0.1) is 12.9 Å². The van der Waals surface area contributed by atoms with Gasteiger partial charge in [0.05, 0.1) is 0 Å². The monoisotopic (exact) mass is 361 g/mol. The van der Waals surface area contributed by atoms with Crippen LogP contribution < -0.4 is 9.46 Å². The van der Waals surface area contributed by atoms with Gasteiger partial charge in [-0.15, -0.1) is 0 Å². The van der Waals surface area contributed by atoms with E-state index in [1.54, 1.807) is 0 Å². The zero-order valence-corrected chi connectivity index (χ0v) is 15.0. The minimum atomic E-state index is -3.98. The Morgan fingerprint density at radius 3 is 2.80 bits per heavy atom. The number of halogens is 1. The lowest BCUT2D eigenvalue weighted by Gasteiger charge is -2.29. The number of pyridine rings is 1. The first-order valence-corrected chi connectivity index (χ1v) is 9.28. The highest BCUT2D eigenvalue weighted by molar-refractivity contribution is 7.89. The van der Waals surface area contributed by atoms with Crippen molar-refractivity contribution >= 4 is 16.1 Å². The molecule has 0 saturated heterocycles. The molecule has 0 atom stereocenters. The number of aryl methyl sites for hydroxylation is 1. The highest BCUT2D eigenvalue weighted by Crippen LogP contribution is 2.34. The maximum atomic E-state index is 13.6. The SMILES string of the molecule is Cc1cc(CNS(=O)(=O)c2cccnc2[18F])cc2c1OC(C)(C)C=C2. The summed E-state index contributed by atoms with van der Waals surface area (Å²) in [6.45, 7) is 5.89. The van der Waals surface area contributed by atoms with Crippen LogP contribution in [0.2, 0.25) is 0 Å². The quantitative estimate of drug-likeness (QED) is 0.849. The fourth-order valence-electron chi connectivity index (χ4n) is 2.66. The summed E-state index contributed by atoms with van der Waals surface area (Å²) in [5.41, 5.74) is 2.19. The molecular formula is C18H19FN2O3S. The molecule has 2 aromatic rings. The van der Waals surface area contributed by atoms with Gasteiger partial charge in [-0.2, -0.15) is 4.39 Å². The third-order valence-corrected chi connectivity index (χ3v) is 5.28. The molecule has 0 bridgehead atoms. The van der Waals surface area contributed by atoms with Crippen LogP contribution in [-0.4, -0.2) is 19.0 Å². The van der Waals surface area contributed by atoms with Gasteiger partial charge in [-0.05, 0) is 56.2 Å². The molecule has 1 aromatic heterocycles. The van der Waals surface area contributed by atoms with E-state index < -0.39 is 20.9 Å². The first-order chi connectivity index (χ1) is 11.7. The fourth-order valence-corrected chi connectivity index (χ4v) is 3.70. The summed E-state index contributed by atoms with van der Waals surface area (Å²) in [7, 11) is -3.98. The van der Waals surface area contributed by atoms with Gasteiger partial charge in [0.1, 0.15) is 16.2 Å². The topological polar surface area (TPSA) is 68.3 Å². The number of aromatic nitrogens is 1. The second kappa shape index (κ2) is 6.24. The number of nitrogens with zero attached hydrogens (tertiary/aromatic N) is 1. The second-order valence-electron chi connectivity index (χ2n) is 6.49.